The summed E-state index contributed by atoms with van der Waals surface area (Å²) in [5.41, 5.74) is 1.48. The van der Waals surface area contributed by atoms with Crippen LogP contribution in [0.2, 0.25) is 0 Å². The smallest absolute Gasteiger partial charge is 0.254 e. The van der Waals surface area contributed by atoms with Crippen LogP contribution in [0.15, 0.2) is 18.2 Å². The molecular weight excluding hydrogens is 282 g/mol. The van der Waals surface area contributed by atoms with Crippen molar-refractivity contribution in [3.63, 3.8) is 0 Å². The van der Waals surface area contributed by atoms with Gasteiger partial charge in [0.2, 0.25) is 0 Å². The van der Waals surface area contributed by atoms with Crippen molar-refractivity contribution >= 4 is 21.8 Å². The molecule has 0 aliphatic rings. The van der Waals surface area contributed by atoms with Crippen LogP contribution in [0, 0.1) is 6.92 Å². The Labute approximate surface area is 111 Å². The van der Waals surface area contributed by atoms with Crippen molar-refractivity contribution in [1.29, 1.82) is 0 Å². The van der Waals surface area contributed by atoms with Crippen LogP contribution in [-0.2, 0) is 0 Å². The fraction of sp³-hybridized carbons (Fsp3) is 0.462. The van der Waals surface area contributed by atoms with Crippen molar-refractivity contribution in [2.75, 3.05) is 18.4 Å². The van der Waals surface area contributed by atoms with Gasteiger partial charge in [-0.3, -0.25) is 4.79 Å². The molecule has 1 rings (SSSR count). The molecule has 0 radical (unpaired) electrons. The largest absolute Gasteiger partial charge is 0.508 e. The normalized spacial score (nSPS) is 10.3. The summed E-state index contributed by atoms with van der Waals surface area (Å²) in [4.78, 5) is 14.1. The Bertz CT molecular complexity index is 393. The minimum absolute atomic E-state index is 0.0333. The van der Waals surface area contributed by atoms with Gasteiger partial charge in [-0.15, -0.1) is 0 Å². The Hall–Kier alpha value is -1.03. The van der Waals surface area contributed by atoms with Gasteiger partial charge < -0.3 is 10.0 Å². The molecule has 0 aromatic heterocycles. The van der Waals surface area contributed by atoms with E-state index in [4.69, 9.17) is 0 Å². The van der Waals surface area contributed by atoms with Gasteiger partial charge >= 0.3 is 0 Å². The van der Waals surface area contributed by atoms with E-state index in [1.165, 1.54) is 0 Å². The van der Waals surface area contributed by atoms with Crippen molar-refractivity contribution < 1.29 is 9.90 Å². The number of hydrogen-bond acceptors (Lipinski definition) is 2. The molecule has 0 aliphatic heterocycles. The molecular formula is C13H18BrNO2. The van der Waals surface area contributed by atoms with E-state index in [1.54, 1.807) is 18.2 Å². The minimum Gasteiger partial charge on any atom is -0.508 e. The van der Waals surface area contributed by atoms with Crippen molar-refractivity contribution in [3.05, 3.63) is 29.3 Å². The second-order valence-corrected chi connectivity index (χ2v) is 4.72. The number of amides is 1. The zero-order valence-corrected chi connectivity index (χ0v) is 11.8. The Morgan fingerprint density at radius 3 is 2.71 bits per heavy atom. The van der Waals surface area contributed by atoms with Crippen LogP contribution < -0.4 is 0 Å². The van der Waals surface area contributed by atoms with E-state index < -0.39 is 0 Å². The second-order valence-electron chi connectivity index (χ2n) is 3.93. The summed E-state index contributed by atoms with van der Waals surface area (Å²) in [6.07, 6.45) is 0.941. The van der Waals surface area contributed by atoms with Crippen molar-refractivity contribution in [3.8, 4) is 5.75 Å². The highest BCUT2D eigenvalue weighted by molar-refractivity contribution is 9.09. The Balaban J connectivity index is 2.86. The number of phenols is 1. The topological polar surface area (TPSA) is 40.5 Å². The van der Waals surface area contributed by atoms with E-state index in [0.717, 1.165) is 23.9 Å². The standard InChI is InChI=1S/C13H18BrNO2/c1-3-15(8-4-7-14)13(17)12-6-5-11(16)9-10(12)2/h5-6,9,16H,3-4,7-8H2,1-2H3. The fourth-order valence-electron chi connectivity index (χ4n) is 1.71. The van der Waals surface area contributed by atoms with Crippen molar-refractivity contribution in [2.45, 2.75) is 20.3 Å². The molecule has 0 bridgehead atoms. The van der Waals surface area contributed by atoms with Gasteiger partial charge in [0.15, 0.2) is 0 Å². The average molecular weight is 300 g/mol. The number of benzene rings is 1. The molecule has 0 aliphatic carbocycles. The number of carbonyl (C=O) groups is 1. The van der Waals surface area contributed by atoms with E-state index in [0.29, 0.717) is 12.1 Å². The van der Waals surface area contributed by atoms with Crippen LogP contribution in [0.5, 0.6) is 5.75 Å². The monoisotopic (exact) mass is 299 g/mol. The lowest BCUT2D eigenvalue weighted by Crippen LogP contribution is -2.32. The highest BCUT2D eigenvalue weighted by Crippen LogP contribution is 2.17. The third-order valence-electron chi connectivity index (χ3n) is 2.67. The van der Waals surface area contributed by atoms with Crippen molar-refractivity contribution in [2.24, 2.45) is 0 Å². The first-order chi connectivity index (χ1) is 8.10. The van der Waals surface area contributed by atoms with Gasteiger partial charge in [-0.05, 0) is 44.0 Å². The molecule has 0 saturated carbocycles. The SMILES string of the molecule is CCN(CCCBr)C(=O)c1ccc(O)cc1C. The van der Waals surface area contributed by atoms with Gasteiger partial charge in [-0.1, -0.05) is 15.9 Å². The minimum atomic E-state index is 0.0333. The van der Waals surface area contributed by atoms with E-state index in [1.807, 2.05) is 18.7 Å². The molecule has 4 heteroatoms. The molecule has 0 unspecified atom stereocenters. The number of carbonyl (C=O) groups excluding carboxylic acids is 1. The fourth-order valence-corrected chi connectivity index (χ4v) is 1.96. The third kappa shape index (κ3) is 3.73. The van der Waals surface area contributed by atoms with Crippen LogP contribution in [0.3, 0.4) is 0 Å². The number of hydrogen-bond donors (Lipinski definition) is 1. The molecule has 0 fully saturated rings. The molecule has 1 aromatic carbocycles. The number of alkyl halides is 1. The second kappa shape index (κ2) is 6.64. The van der Waals surface area contributed by atoms with Gasteiger partial charge in [-0.2, -0.15) is 0 Å². The van der Waals surface area contributed by atoms with Gasteiger partial charge in [0.1, 0.15) is 5.75 Å². The highest BCUT2D eigenvalue weighted by atomic mass is 79.9. The number of nitrogens with zero attached hydrogens (tertiary/aromatic N) is 1. The predicted molar refractivity (Wildman–Crippen MR) is 72.8 cm³/mol. The zero-order valence-electron chi connectivity index (χ0n) is 10.2. The molecule has 1 N–H and O–H groups in total. The lowest BCUT2D eigenvalue weighted by Gasteiger charge is -2.21. The number of rotatable bonds is 5. The maximum atomic E-state index is 12.2. The van der Waals surface area contributed by atoms with Gasteiger partial charge in [0.25, 0.3) is 5.91 Å². The molecule has 1 aromatic rings. The van der Waals surface area contributed by atoms with Gasteiger partial charge in [0.05, 0.1) is 0 Å². The summed E-state index contributed by atoms with van der Waals surface area (Å²) in [6, 6.07) is 4.86. The zero-order chi connectivity index (χ0) is 12.8. The first-order valence-corrected chi connectivity index (χ1v) is 6.87. The molecule has 1 amide bonds. The van der Waals surface area contributed by atoms with Gasteiger partial charge in [0, 0.05) is 24.0 Å². The first kappa shape index (κ1) is 14.0. The van der Waals surface area contributed by atoms with Crippen LogP contribution in [0.1, 0.15) is 29.3 Å². The lowest BCUT2D eigenvalue weighted by atomic mass is 10.1. The number of halogens is 1. The molecule has 0 spiro atoms. The quantitative estimate of drug-likeness (QED) is 0.849. The average Bonchev–Trinajstić information content (AvgIpc) is 2.29. The lowest BCUT2D eigenvalue weighted by molar-refractivity contribution is 0.0764. The first-order valence-electron chi connectivity index (χ1n) is 5.75. The maximum absolute atomic E-state index is 12.2. The summed E-state index contributed by atoms with van der Waals surface area (Å²) in [5, 5.41) is 10.2. The van der Waals surface area contributed by atoms with Crippen LogP contribution in [0.25, 0.3) is 0 Å². The Morgan fingerprint density at radius 1 is 1.47 bits per heavy atom. The van der Waals surface area contributed by atoms with Gasteiger partial charge in [-0.25, -0.2) is 0 Å². The van der Waals surface area contributed by atoms with E-state index in [2.05, 4.69) is 15.9 Å². The number of aryl methyl sites for hydroxylation is 1. The van der Waals surface area contributed by atoms with E-state index in [-0.39, 0.29) is 11.7 Å². The maximum Gasteiger partial charge on any atom is 0.254 e. The number of aromatic hydroxyl groups is 1. The molecule has 0 saturated heterocycles. The third-order valence-corrected chi connectivity index (χ3v) is 3.23. The Kier molecular flexibility index (Phi) is 5.48. The van der Waals surface area contributed by atoms with E-state index >= 15 is 0 Å². The predicted octanol–water partition coefficient (Wildman–Crippen LogP) is 2.95. The summed E-state index contributed by atoms with van der Waals surface area (Å²) in [7, 11) is 0. The molecule has 0 heterocycles. The van der Waals surface area contributed by atoms with Crippen LogP contribution in [-0.4, -0.2) is 34.3 Å². The summed E-state index contributed by atoms with van der Waals surface area (Å²) in [5.74, 6) is 0.230. The van der Waals surface area contributed by atoms with Crippen LogP contribution >= 0.6 is 15.9 Å². The summed E-state index contributed by atoms with van der Waals surface area (Å²) in [6.45, 7) is 5.26. The molecule has 17 heavy (non-hydrogen) atoms. The summed E-state index contributed by atoms with van der Waals surface area (Å²) >= 11 is 3.37. The van der Waals surface area contributed by atoms with Crippen LogP contribution in [0.4, 0.5) is 0 Å². The number of phenolic OH excluding ortho intramolecular Hbond substituents is 1. The molecule has 3 nitrogen and oxygen atoms in total. The van der Waals surface area contributed by atoms with E-state index in [9.17, 15) is 9.90 Å². The molecule has 94 valence electrons. The highest BCUT2D eigenvalue weighted by Gasteiger charge is 2.15. The Morgan fingerprint density at radius 2 is 2.18 bits per heavy atom. The molecule has 0 atom stereocenters. The van der Waals surface area contributed by atoms with Crippen molar-refractivity contribution in [1.82, 2.24) is 4.90 Å². The summed E-state index contributed by atoms with van der Waals surface area (Å²) < 4.78 is 0.